The van der Waals surface area contributed by atoms with Crippen molar-refractivity contribution in [2.45, 2.75) is 32.9 Å². The van der Waals surface area contributed by atoms with Crippen molar-refractivity contribution >= 4 is 40.1 Å². The van der Waals surface area contributed by atoms with Gasteiger partial charge in [-0.05, 0) is 42.3 Å². The van der Waals surface area contributed by atoms with Gasteiger partial charge in [-0.15, -0.1) is 0 Å². The molecule has 150 valence electrons. The van der Waals surface area contributed by atoms with Gasteiger partial charge in [0.15, 0.2) is 0 Å². The molecular weight excluding hydrogens is 388 g/mol. The highest BCUT2D eigenvalue weighted by Crippen LogP contribution is 2.27. The number of halogens is 1. The summed E-state index contributed by atoms with van der Waals surface area (Å²) in [6, 6.07) is 13.2. The van der Waals surface area contributed by atoms with E-state index in [4.69, 9.17) is 11.6 Å². The third-order valence-corrected chi connectivity index (χ3v) is 5.47. The number of anilines is 1. The van der Waals surface area contributed by atoms with E-state index in [1.807, 2.05) is 30.6 Å². The number of nitrogens with one attached hydrogen (secondary N) is 1. The summed E-state index contributed by atoms with van der Waals surface area (Å²) in [7, 11) is 0. The van der Waals surface area contributed by atoms with Crippen molar-refractivity contribution in [1.29, 1.82) is 0 Å². The molecule has 0 spiro atoms. The van der Waals surface area contributed by atoms with E-state index >= 15 is 0 Å². The van der Waals surface area contributed by atoms with E-state index in [2.05, 4.69) is 21.8 Å². The lowest BCUT2D eigenvalue weighted by atomic mass is 10.1. The number of nitrogens with zero attached hydrogens (tertiary/aromatic N) is 3. The Kier molecular flexibility index (Phi) is 5.53. The molecule has 1 N–H and O–H groups in total. The second-order valence-electron chi connectivity index (χ2n) is 7.36. The van der Waals surface area contributed by atoms with E-state index in [-0.39, 0.29) is 24.2 Å². The largest absolute Gasteiger partial charge is 0.352 e. The van der Waals surface area contributed by atoms with Crippen LogP contribution in [0.25, 0.3) is 11.0 Å². The fraction of sp³-hybridized carbons (Fsp3) is 0.318. The van der Waals surface area contributed by atoms with Crippen LogP contribution in [0, 0.1) is 5.92 Å². The van der Waals surface area contributed by atoms with Crippen LogP contribution in [-0.4, -0.2) is 27.9 Å². The Labute approximate surface area is 174 Å². The van der Waals surface area contributed by atoms with Crippen LogP contribution < -0.4 is 10.2 Å². The van der Waals surface area contributed by atoms with Gasteiger partial charge in [0, 0.05) is 36.8 Å². The maximum absolute atomic E-state index is 12.6. The van der Waals surface area contributed by atoms with Crippen LogP contribution in [0.2, 0.25) is 5.02 Å². The fourth-order valence-corrected chi connectivity index (χ4v) is 3.93. The van der Waals surface area contributed by atoms with Crippen LogP contribution in [0.1, 0.15) is 25.3 Å². The summed E-state index contributed by atoms with van der Waals surface area (Å²) in [5.41, 5.74) is 3.74. The lowest BCUT2D eigenvalue weighted by Gasteiger charge is -2.17. The average molecular weight is 411 g/mol. The van der Waals surface area contributed by atoms with Gasteiger partial charge in [-0.3, -0.25) is 9.59 Å². The number of aryl methyl sites for hydroxylation is 1. The van der Waals surface area contributed by atoms with Gasteiger partial charge in [-0.2, -0.15) is 0 Å². The van der Waals surface area contributed by atoms with Gasteiger partial charge >= 0.3 is 0 Å². The number of amides is 2. The Balaban J connectivity index is 1.38. The normalized spacial score (nSPS) is 16.6. The molecule has 3 aromatic rings. The van der Waals surface area contributed by atoms with Crippen LogP contribution >= 0.6 is 11.6 Å². The molecule has 1 saturated heterocycles. The number of rotatable bonds is 6. The minimum absolute atomic E-state index is 0.0599. The number of benzene rings is 2. The van der Waals surface area contributed by atoms with Crippen LogP contribution in [0.5, 0.6) is 0 Å². The first-order valence-electron chi connectivity index (χ1n) is 9.82. The van der Waals surface area contributed by atoms with Crippen molar-refractivity contribution in [3.8, 4) is 0 Å². The highest BCUT2D eigenvalue weighted by atomic mass is 35.5. The second kappa shape index (κ2) is 8.25. The summed E-state index contributed by atoms with van der Waals surface area (Å²) in [4.78, 5) is 31.1. The Morgan fingerprint density at radius 2 is 2.14 bits per heavy atom. The number of carbonyl (C=O) groups is 2. The Morgan fingerprint density at radius 3 is 2.93 bits per heavy atom. The van der Waals surface area contributed by atoms with Gasteiger partial charge in [0.05, 0.1) is 23.3 Å². The van der Waals surface area contributed by atoms with E-state index in [1.54, 1.807) is 23.1 Å². The van der Waals surface area contributed by atoms with Gasteiger partial charge < -0.3 is 14.8 Å². The predicted molar refractivity (Wildman–Crippen MR) is 114 cm³/mol. The van der Waals surface area contributed by atoms with Crippen molar-refractivity contribution in [3.63, 3.8) is 0 Å². The molecule has 0 aliphatic carbocycles. The molecule has 1 aliphatic heterocycles. The SMILES string of the molecule is CCCn1cnc2cc(CNC(=O)[C@@H]3CC(=O)N(c4cccc(Cl)c4)C3)ccc21. The number of aromatic nitrogens is 2. The van der Waals surface area contributed by atoms with Gasteiger partial charge in [0.2, 0.25) is 11.8 Å². The van der Waals surface area contributed by atoms with E-state index in [9.17, 15) is 9.59 Å². The van der Waals surface area contributed by atoms with Gasteiger partial charge in [0.1, 0.15) is 0 Å². The van der Waals surface area contributed by atoms with E-state index in [0.29, 0.717) is 18.1 Å². The molecule has 2 heterocycles. The Bertz CT molecular complexity index is 1060. The van der Waals surface area contributed by atoms with Crippen LogP contribution in [0.3, 0.4) is 0 Å². The molecule has 1 atom stereocenters. The van der Waals surface area contributed by atoms with Crippen LogP contribution in [0.4, 0.5) is 5.69 Å². The van der Waals surface area contributed by atoms with Crippen molar-refractivity contribution in [2.24, 2.45) is 5.92 Å². The number of imidazole rings is 1. The average Bonchev–Trinajstić information content (AvgIpc) is 3.30. The number of hydrogen-bond acceptors (Lipinski definition) is 3. The van der Waals surface area contributed by atoms with E-state index in [1.165, 1.54) is 0 Å². The zero-order valence-corrected chi connectivity index (χ0v) is 17.0. The van der Waals surface area contributed by atoms with Crippen molar-refractivity contribution in [2.75, 3.05) is 11.4 Å². The first kappa shape index (κ1) is 19.5. The van der Waals surface area contributed by atoms with Gasteiger partial charge in [-0.25, -0.2) is 4.98 Å². The summed E-state index contributed by atoms with van der Waals surface area (Å²) >= 11 is 6.02. The molecule has 1 fully saturated rings. The first-order valence-corrected chi connectivity index (χ1v) is 10.2. The Morgan fingerprint density at radius 1 is 1.28 bits per heavy atom. The maximum atomic E-state index is 12.6. The van der Waals surface area contributed by atoms with Crippen LogP contribution in [-0.2, 0) is 22.7 Å². The molecule has 0 unspecified atom stereocenters. The molecule has 2 amide bonds. The third-order valence-electron chi connectivity index (χ3n) is 5.23. The molecule has 2 aromatic carbocycles. The second-order valence-corrected chi connectivity index (χ2v) is 7.80. The number of carbonyl (C=O) groups excluding carboxylic acids is 2. The summed E-state index contributed by atoms with van der Waals surface area (Å²) in [5, 5.41) is 3.53. The molecule has 1 aromatic heterocycles. The molecule has 0 saturated carbocycles. The lowest BCUT2D eigenvalue weighted by Crippen LogP contribution is -2.32. The van der Waals surface area contributed by atoms with E-state index in [0.717, 1.165) is 35.2 Å². The van der Waals surface area contributed by atoms with E-state index < -0.39 is 0 Å². The van der Waals surface area contributed by atoms with Crippen molar-refractivity contribution in [1.82, 2.24) is 14.9 Å². The summed E-state index contributed by atoms with van der Waals surface area (Å²) in [6.07, 6.45) is 3.11. The lowest BCUT2D eigenvalue weighted by molar-refractivity contribution is -0.126. The molecule has 0 radical (unpaired) electrons. The topological polar surface area (TPSA) is 67.2 Å². The highest BCUT2D eigenvalue weighted by molar-refractivity contribution is 6.31. The van der Waals surface area contributed by atoms with Gasteiger partial charge in [0.25, 0.3) is 0 Å². The predicted octanol–water partition coefficient (Wildman–Crippen LogP) is 3.77. The third kappa shape index (κ3) is 4.12. The molecular formula is C22H23ClN4O2. The molecule has 29 heavy (non-hydrogen) atoms. The first-order chi connectivity index (χ1) is 14.0. The van der Waals surface area contributed by atoms with Crippen molar-refractivity contribution < 1.29 is 9.59 Å². The number of hydrogen-bond donors (Lipinski definition) is 1. The maximum Gasteiger partial charge on any atom is 0.227 e. The molecule has 6 nitrogen and oxygen atoms in total. The monoisotopic (exact) mass is 410 g/mol. The zero-order valence-electron chi connectivity index (χ0n) is 16.3. The summed E-state index contributed by atoms with van der Waals surface area (Å²) in [6.45, 7) is 3.85. The highest BCUT2D eigenvalue weighted by Gasteiger charge is 2.35. The summed E-state index contributed by atoms with van der Waals surface area (Å²) in [5.74, 6) is -0.538. The quantitative estimate of drug-likeness (QED) is 0.672. The smallest absolute Gasteiger partial charge is 0.227 e. The minimum atomic E-state index is -0.367. The molecule has 0 bridgehead atoms. The molecule has 1 aliphatic rings. The summed E-state index contributed by atoms with van der Waals surface area (Å²) < 4.78 is 2.13. The standard InChI is InChI=1S/C22H23ClN4O2/c1-2-8-26-14-25-19-9-15(6-7-20(19)26)12-24-22(29)16-10-21(28)27(13-16)18-5-3-4-17(23)11-18/h3-7,9,11,14,16H,2,8,10,12-13H2,1H3,(H,24,29)/t16-/m1/s1. The fourth-order valence-electron chi connectivity index (χ4n) is 3.75. The number of fused-ring (bicyclic) bond motifs is 1. The Hall–Kier alpha value is -2.86. The zero-order chi connectivity index (χ0) is 20.4. The molecule has 7 heteroatoms. The van der Waals surface area contributed by atoms with Gasteiger partial charge in [-0.1, -0.05) is 30.7 Å². The molecule has 4 rings (SSSR count). The minimum Gasteiger partial charge on any atom is -0.352 e. The van der Waals surface area contributed by atoms with Crippen molar-refractivity contribution in [3.05, 3.63) is 59.4 Å². The van der Waals surface area contributed by atoms with Crippen LogP contribution in [0.15, 0.2) is 48.8 Å².